The molecule has 0 saturated carbocycles. The lowest BCUT2D eigenvalue weighted by molar-refractivity contribution is -0.118. The molecule has 1 aliphatic heterocycles. The Bertz CT molecular complexity index is 939. The minimum absolute atomic E-state index is 0.0741. The quantitative estimate of drug-likeness (QED) is 0.507. The van der Waals surface area contributed by atoms with E-state index in [1.54, 1.807) is 18.2 Å². The van der Waals surface area contributed by atoms with Crippen LogP contribution in [-0.2, 0) is 16.1 Å². The largest absolute Gasteiger partial charge is 0.482 e. The first kappa shape index (κ1) is 18.9. The average Bonchev–Trinajstić information content (AvgIpc) is 2.70. The summed E-state index contributed by atoms with van der Waals surface area (Å²) in [5, 5.41) is 5.05. The van der Waals surface area contributed by atoms with Crippen molar-refractivity contribution in [2.45, 2.75) is 6.54 Å². The molecule has 9 nitrogen and oxygen atoms in total. The van der Waals surface area contributed by atoms with E-state index in [-0.39, 0.29) is 30.2 Å². The second-order valence-corrected chi connectivity index (χ2v) is 5.96. The van der Waals surface area contributed by atoms with Crippen LogP contribution in [0.3, 0.4) is 0 Å². The molecule has 144 valence electrons. The molecule has 1 heterocycles. The van der Waals surface area contributed by atoms with Gasteiger partial charge < -0.3 is 25.8 Å². The summed E-state index contributed by atoms with van der Waals surface area (Å²) < 4.78 is 10.3. The molecule has 9 heteroatoms. The number of anilines is 1. The monoisotopic (exact) mass is 383 g/mol. The smallest absolute Gasteiger partial charge is 0.338 e. The summed E-state index contributed by atoms with van der Waals surface area (Å²) in [5.41, 5.74) is 6.69. The highest BCUT2D eigenvalue weighted by molar-refractivity contribution is 6.02. The fourth-order valence-electron chi connectivity index (χ4n) is 2.50. The third-order valence-corrected chi connectivity index (χ3v) is 3.93. The number of ketones is 1. The zero-order chi connectivity index (χ0) is 20.1. The van der Waals surface area contributed by atoms with E-state index in [1.165, 1.54) is 24.3 Å². The molecule has 0 saturated heterocycles. The van der Waals surface area contributed by atoms with Gasteiger partial charge in [0.15, 0.2) is 19.0 Å². The Kier molecular flexibility index (Phi) is 5.54. The first-order chi connectivity index (χ1) is 13.4. The van der Waals surface area contributed by atoms with Crippen molar-refractivity contribution in [3.63, 3.8) is 0 Å². The standard InChI is InChI=1S/C19H17N3O6/c20-19(26)21-8-11-1-3-12(4-2-11)18(25)28-9-15(23)13-5-6-16-14(7-13)22-17(24)10-27-16/h1-7H,8-10H2,(H,22,24)(H3,20,21,26). The molecule has 0 spiro atoms. The number of nitrogens with one attached hydrogen (secondary N) is 2. The van der Waals surface area contributed by atoms with Crippen LogP contribution in [0.2, 0.25) is 0 Å². The number of Topliss-reactive ketones (excluding diaryl/α,β-unsaturated/α-hetero) is 1. The van der Waals surface area contributed by atoms with Crippen LogP contribution in [0.4, 0.5) is 10.5 Å². The highest BCUT2D eigenvalue weighted by atomic mass is 16.5. The summed E-state index contributed by atoms with van der Waals surface area (Å²) in [6, 6.07) is 10.3. The number of hydrogen-bond donors (Lipinski definition) is 3. The Morgan fingerprint density at radius 2 is 1.82 bits per heavy atom. The number of benzene rings is 2. The summed E-state index contributed by atoms with van der Waals surface area (Å²) in [5.74, 6) is -0.910. The summed E-state index contributed by atoms with van der Waals surface area (Å²) >= 11 is 0. The molecule has 0 atom stereocenters. The lowest BCUT2D eigenvalue weighted by atomic mass is 10.1. The third kappa shape index (κ3) is 4.64. The normalized spacial score (nSPS) is 12.2. The number of nitrogens with two attached hydrogens (primary N) is 1. The molecule has 0 aliphatic carbocycles. The molecule has 1 aliphatic rings. The molecule has 0 aromatic heterocycles. The van der Waals surface area contributed by atoms with Crippen molar-refractivity contribution in [3.05, 3.63) is 59.2 Å². The predicted molar refractivity (Wildman–Crippen MR) is 98.0 cm³/mol. The van der Waals surface area contributed by atoms with Crippen LogP contribution < -0.4 is 21.1 Å². The zero-order valence-corrected chi connectivity index (χ0v) is 14.7. The van der Waals surface area contributed by atoms with Crippen LogP contribution >= 0.6 is 0 Å². The summed E-state index contributed by atoms with van der Waals surface area (Å²) in [4.78, 5) is 46.4. The van der Waals surface area contributed by atoms with Crippen LogP contribution in [0.25, 0.3) is 0 Å². The van der Waals surface area contributed by atoms with Gasteiger partial charge in [-0.3, -0.25) is 9.59 Å². The highest BCUT2D eigenvalue weighted by Gasteiger charge is 2.18. The molecule has 4 N–H and O–H groups in total. The van der Waals surface area contributed by atoms with Crippen LogP contribution in [0.15, 0.2) is 42.5 Å². The van der Waals surface area contributed by atoms with Gasteiger partial charge in [0.05, 0.1) is 11.3 Å². The maximum atomic E-state index is 12.3. The van der Waals surface area contributed by atoms with Gasteiger partial charge in [-0.1, -0.05) is 12.1 Å². The first-order valence-electron chi connectivity index (χ1n) is 8.31. The van der Waals surface area contributed by atoms with Crippen molar-refractivity contribution >= 4 is 29.4 Å². The minimum atomic E-state index is -0.655. The average molecular weight is 383 g/mol. The van der Waals surface area contributed by atoms with E-state index in [1.807, 2.05) is 0 Å². The van der Waals surface area contributed by atoms with E-state index >= 15 is 0 Å². The number of rotatable bonds is 6. The van der Waals surface area contributed by atoms with Gasteiger partial charge >= 0.3 is 12.0 Å². The van der Waals surface area contributed by atoms with E-state index < -0.39 is 24.4 Å². The van der Waals surface area contributed by atoms with Crippen molar-refractivity contribution in [2.24, 2.45) is 5.73 Å². The number of esters is 1. The Balaban J connectivity index is 1.57. The third-order valence-electron chi connectivity index (χ3n) is 3.93. The molecule has 0 fully saturated rings. The molecule has 2 aromatic carbocycles. The van der Waals surface area contributed by atoms with Crippen LogP contribution in [0.1, 0.15) is 26.3 Å². The van der Waals surface area contributed by atoms with Gasteiger partial charge in [-0.05, 0) is 35.9 Å². The van der Waals surface area contributed by atoms with Gasteiger partial charge in [0.1, 0.15) is 5.75 Å². The van der Waals surface area contributed by atoms with E-state index in [9.17, 15) is 19.2 Å². The van der Waals surface area contributed by atoms with E-state index in [4.69, 9.17) is 15.2 Å². The Labute approximate surface area is 159 Å². The lowest BCUT2D eigenvalue weighted by Crippen LogP contribution is -2.28. The molecule has 3 rings (SSSR count). The SMILES string of the molecule is NC(=O)NCc1ccc(C(=O)OCC(=O)c2ccc3c(c2)NC(=O)CO3)cc1. The van der Waals surface area contributed by atoms with E-state index in [2.05, 4.69) is 10.6 Å². The molecule has 0 unspecified atom stereocenters. The van der Waals surface area contributed by atoms with Gasteiger partial charge in [-0.15, -0.1) is 0 Å². The number of primary amides is 1. The number of carbonyl (C=O) groups is 4. The number of fused-ring (bicyclic) bond motifs is 1. The second kappa shape index (κ2) is 8.21. The van der Waals surface area contributed by atoms with Crippen LogP contribution in [0, 0.1) is 0 Å². The van der Waals surface area contributed by atoms with Gasteiger partial charge in [0.25, 0.3) is 5.91 Å². The van der Waals surface area contributed by atoms with Crippen molar-refractivity contribution in [2.75, 3.05) is 18.5 Å². The van der Waals surface area contributed by atoms with Gasteiger partial charge in [-0.25, -0.2) is 9.59 Å². The number of urea groups is 1. The topological polar surface area (TPSA) is 137 Å². The molecule has 0 bridgehead atoms. The zero-order valence-electron chi connectivity index (χ0n) is 14.7. The number of ether oxygens (including phenoxy) is 2. The van der Waals surface area contributed by atoms with Crippen molar-refractivity contribution in [1.82, 2.24) is 5.32 Å². The maximum Gasteiger partial charge on any atom is 0.338 e. The van der Waals surface area contributed by atoms with Crippen LogP contribution in [0.5, 0.6) is 5.75 Å². The fourth-order valence-corrected chi connectivity index (χ4v) is 2.50. The summed E-state index contributed by atoms with van der Waals surface area (Å²) in [6.07, 6.45) is 0. The van der Waals surface area contributed by atoms with Gasteiger partial charge in [0.2, 0.25) is 0 Å². The molecular weight excluding hydrogens is 366 g/mol. The number of hydrogen-bond acceptors (Lipinski definition) is 6. The molecule has 2 aromatic rings. The first-order valence-corrected chi connectivity index (χ1v) is 8.31. The van der Waals surface area contributed by atoms with Crippen LogP contribution in [-0.4, -0.2) is 36.9 Å². The fraction of sp³-hybridized carbons (Fsp3) is 0.158. The van der Waals surface area contributed by atoms with E-state index in [0.29, 0.717) is 11.4 Å². The second-order valence-electron chi connectivity index (χ2n) is 5.96. The minimum Gasteiger partial charge on any atom is -0.482 e. The van der Waals surface area contributed by atoms with Gasteiger partial charge in [0, 0.05) is 12.1 Å². The summed E-state index contributed by atoms with van der Waals surface area (Å²) in [6.45, 7) is -0.283. The predicted octanol–water partition coefficient (Wildman–Crippen LogP) is 1.23. The van der Waals surface area contributed by atoms with Gasteiger partial charge in [-0.2, -0.15) is 0 Å². The highest BCUT2D eigenvalue weighted by Crippen LogP contribution is 2.28. The molecule has 28 heavy (non-hydrogen) atoms. The van der Waals surface area contributed by atoms with E-state index in [0.717, 1.165) is 5.56 Å². The number of amides is 3. The number of carbonyl (C=O) groups excluding carboxylic acids is 4. The maximum absolute atomic E-state index is 12.3. The molecular formula is C19H17N3O6. The Morgan fingerprint density at radius 1 is 1.11 bits per heavy atom. The Hall–Kier alpha value is -3.88. The van der Waals surface area contributed by atoms with Crippen molar-refractivity contribution in [3.8, 4) is 5.75 Å². The lowest BCUT2D eigenvalue weighted by Gasteiger charge is -2.18. The Morgan fingerprint density at radius 3 is 2.54 bits per heavy atom. The van der Waals surface area contributed by atoms with Crippen molar-refractivity contribution in [1.29, 1.82) is 0 Å². The summed E-state index contributed by atoms with van der Waals surface area (Å²) in [7, 11) is 0. The van der Waals surface area contributed by atoms with Crippen molar-refractivity contribution < 1.29 is 28.7 Å². The molecule has 3 amide bonds. The molecule has 0 radical (unpaired) electrons.